The van der Waals surface area contributed by atoms with Gasteiger partial charge in [-0.15, -0.1) is 12.3 Å². The Morgan fingerprint density at radius 1 is 1.35 bits per heavy atom. The van der Waals surface area contributed by atoms with Crippen LogP contribution in [0.5, 0.6) is 0 Å². The van der Waals surface area contributed by atoms with E-state index in [-0.39, 0.29) is 6.09 Å². The first kappa shape index (κ1) is 15.8. The zero-order chi connectivity index (χ0) is 13.3. The number of rotatable bonds is 6. The molecule has 0 heterocycles. The molecule has 0 saturated carbocycles. The Balaban J connectivity index is 4.25. The van der Waals surface area contributed by atoms with E-state index in [2.05, 4.69) is 5.92 Å². The summed E-state index contributed by atoms with van der Waals surface area (Å²) in [4.78, 5) is 13.5. The van der Waals surface area contributed by atoms with Crippen molar-refractivity contribution < 1.29 is 9.53 Å². The number of amides is 1. The maximum Gasteiger partial charge on any atom is 0.410 e. The van der Waals surface area contributed by atoms with Gasteiger partial charge in [-0.3, -0.25) is 0 Å². The second-order valence-electron chi connectivity index (χ2n) is 4.92. The van der Waals surface area contributed by atoms with Crippen LogP contribution in [0.4, 0.5) is 4.79 Å². The summed E-state index contributed by atoms with van der Waals surface area (Å²) < 4.78 is 5.31. The van der Waals surface area contributed by atoms with Crippen molar-refractivity contribution in [1.82, 2.24) is 4.90 Å². The topological polar surface area (TPSA) is 55.6 Å². The first-order valence-electron chi connectivity index (χ1n) is 6.02. The number of hydrogen-bond acceptors (Lipinski definition) is 3. The molecular weight excluding hydrogens is 216 g/mol. The summed E-state index contributed by atoms with van der Waals surface area (Å²) in [6, 6.07) is 0. The number of ether oxygens (including phenoxy) is 1. The lowest BCUT2D eigenvalue weighted by atomic mass is 10.2. The van der Waals surface area contributed by atoms with Gasteiger partial charge in [-0.2, -0.15) is 0 Å². The van der Waals surface area contributed by atoms with Crippen molar-refractivity contribution in [3.05, 3.63) is 0 Å². The molecule has 2 N–H and O–H groups in total. The van der Waals surface area contributed by atoms with Gasteiger partial charge < -0.3 is 15.4 Å². The molecule has 0 unspecified atom stereocenters. The SMILES string of the molecule is C#CCCN(CCCCN)C(=O)OC(C)(C)C. The van der Waals surface area contributed by atoms with Crippen molar-refractivity contribution in [2.24, 2.45) is 5.73 Å². The van der Waals surface area contributed by atoms with Crippen molar-refractivity contribution >= 4 is 6.09 Å². The molecule has 0 fully saturated rings. The predicted octanol–water partition coefficient (Wildman–Crippen LogP) is 1.99. The minimum absolute atomic E-state index is 0.301. The quantitative estimate of drug-likeness (QED) is 0.570. The van der Waals surface area contributed by atoms with Crippen LogP contribution < -0.4 is 5.73 Å². The molecule has 0 aromatic rings. The monoisotopic (exact) mass is 240 g/mol. The van der Waals surface area contributed by atoms with Crippen LogP contribution in [0.2, 0.25) is 0 Å². The Bertz CT molecular complexity index is 264. The fraction of sp³-hybridized carbons (Fsp3) is 0.769. The lowest BCUT2D eigenvalue weighted by Gasteiger charge is -2.27. The summed E-state index contributed by atoms with van der Waals surface area (Å²) >= 11 is 0. The summed E-state index contributed by atoms with van der Waals surface area (Å²) in [5, 5.41) is 0. The lowest BCUT2D eigenvalue weighted by Crippen LogP contribution is -2.38. The van der Waals surface area contributed by atoms with E-state index in [9.17, 15) is 4.79 Å². The van der Waals surface area contributed by atoms with Crippen LogP contribution in [0.1, 0.15) is 40.0 Å². The molecule has 0 aromatic carbocycles. The average Bonchev–Trinajstić information content (AvgIpc) is 2.20. The average molecular weight is 240 g/mol. The zero-order valence-electron chi connectivity index (χ0n) is 11.2. The smallest absolute Gasteiger partial charge is 0.410 e. The maximum atomic E-state index is 11.9. The number of nitrogens with two attached hydrogens (primary N) is 1. The van der Waals surface area contributed by atoms with Crippen molar-refractivity contribution in [2.75, 3.05) is 19.6 Å². The van der Waals surface area contributed by atoms with E-state index >= 15 is 0 Å². The first-order chi connectivity index (χ1) is 7.90. The van der Waals surface area contributed by atoms with Crippen LogP contribution in [0.15, 0.2) is 0 Å². The van der Waals surface area contributed by atoms with E-state index in [4.69, 9.17) is 16.9 Å². The molecular formula is C13H24N2O2. The maximum absolute atomic E-state index is 11.9. The van der Waals surface area contributed by atoms with Crippen LogP contribution in [0.25, 0.3) is 0 Å². The highest BCUT2D eigenvalue weighted by Gasteiger charge is 2.21. The predicted molar refractivity (Wildman–Crippen MR) is 69.5 cm³/mol. The summed E-state index contributed by atoms with van der Waals surface area (Å²) in [5.74, 6) is 2.53. The molecule has 0 aromatic heterocycles. The van der Waals surface area contributed by atoms with E-state index in [1.807, 2.05) is 20.8 Å². The van der Waals surface area contributed by atoms with Gasteiger partial charge in [0, 0.05) is 19.5 Å². The number of terminal acetylenes is 1. The van der Waals surface area contributed by atoms with Gasteiger partial charge >= 0.3 is 6.09 Å². The third-order valence-corrected chi connectivity index (χ3v) is 2.06. The van der Waals surface area contributed by atoms with Gasteiger partial charge in [0.05, 0.1) is 0 Å². The van der Waals surface area contributed by atoms with E-state index < -0.39 is 5.60 Å². The third-order valence-electron chi connectivity index (χ3n) is 2.06. The summed E-state index contributed by atoms with van der Waals surface area (Å²) in [5.41, 5.74) is 4.95. The molecule has 4 heteroatoms. The molecule has 0 bridgehead atoms. The van der Waals surface area contributed by atoms with Crippen LogP contribution >= 0.6 is 0 Å². The fourth-order valence-electron chi connectivity index (χ4n) is 1.27. The minimum Gasteiger partial charge on any atom is -0.444 e. The number of hydrogen-bond donors (Lipinski definition) is 1. The Kier molecular flexibility index (Phi) is 7.40. The highest BCUT2D eigenvalue weighted by Crippen LogP contribution is 2.10. The number of nitrogens with zero attached hydrogens (tertiary/aromatic N) is 1. The molecule has 0 atom stereocenters. The fourth-order valence-corrected chi connectivity index (χ4v) is 1.27. The van der Waals surface area contributed by atoms with Gasteiger partial charge in [0.1, 0.15) is 5.60 Å². The van der Waals surface area contributed by atoms with Crippen molar-refractivity contribution in [1.29, 1.82) is 0 Å². The lowest BCUT2D eigenvalue weighted by molar-refractivity contribution is 0.0251. The third kappa shape index (κ3) is 8.58. The highest BCUT2D eigenvalue weighted by molar-refractivity contribution is 5.68. The van der Waals surface area contributed by atoms with Crippen LogP contribution in [-0.2, 0) is 4.74 Å². The summed E-state index contributed by atoms with van der Waals surface area (Å²) in [7, 11) is 0. The molecule has 17 heavy (non-hydrogen) atoms. The van der Waals surface area contributed by atoms with Gasteiger partial charge in [0.15, 0.2) is 0 Å². The summed E-state index contributed by atoms with van der Waals surface area (Å²) in [6.07, 6.45) is 7.23. The standard InChI is InChI=1S/C13H24N2O2/c1-5-6-10-15(11-8-7-9-14)12(16)17-13(2,3)4/h1H,6-11,14H2,2-4H3. The molecule has 0 rings (SSSR count). The van der Waals surface area contributed by atoms with E-state index in [1.54, 1.807) is 4.90 Å². The molecule has 0 radical (unpaired) electrons. The normalized spacial score (nSPS) is 10.8. The molecule has 0 aliphatic carbocycles. The number of carbonyl (C=O) groups is 1. The minimum atomic E-state index is -0.473. The van der Waals surface area contributed by atoms with Gasteiger partial charge in [0.2, 0.25) is 0 Å². The molecule has 4 nitrogen and oxygen atoms in total. The molecule has 0 aliphatic rings. The number of carbonyl (C=O) groups excluding carboxylic acids is 1. The molecule has 1 amide bonds. The van der Waals surface area contributed by atoms with Crippen molar-refractivity contribution in [3.63, 3.8) is 0 Å². The van der Waals surface area contributed by atoms with Crippen molar-refractivity contribution in [2.45, 2.75) is 45.6 Å². The Hall–Kier alpha value is -1.21. The van der Waals surface area contributed by atoms with Crippen molar-refractivity contribution in [3.8, 4) is 12.3 Å². The van der Waals surface area contributed by atoms with Crippen LogP contribution in [0.3, 0.4) is 0 Å². The first-order valence-corrected chi connectivity index (χ1v) is 6.02. The molecule has 98 valence electrons. The van der Waals surface area contributed by atoms with Crippen LogP contribution in [-0.4, -0.2) is 36.2 Å². The Morgan fingerprint density at radius 3 is 2.47 bits per heavy atom. The Labute approximate surface area is 104 Å². The molecule has 0 spiro atoms. The van der Waals surface area contributed by atoms with Gasteiger partial charge in [-0.1, -0.05) is 0 Å². The summed E-state index contributed by atoms with van der Waals surface area (Å²) in [6.45, 7) is 7.37. The van der Waals surface area contributed by atoms with E-state index in [1.165, 1.54) is 0 Å². The second-order valence-corrected chi connectivity index (χ2v) is 4.92. The van der Waals surface area contributed by atoms with E-state index in [0.29, 0.717) is 26.1 Å². The molecule has 0 saturated heterocycles. The van der Waals surface area contributed by atoms with E-state index in [0.717, 1.165) is 12.8 Å². The second kappa shape index (κ2) is 7.97. The number of unbranched alkanes of at least 4 members (excludes halogenated alkanes) is 1. The molecule has 0 aliphatic heterocycles. The van der Waals surface area contributed by atoms with Gasteiger partial charge in [-0.05, 0) is 40.2 Å². The highest BCUT2D eigenvalue weighted by atomic mass is 16.6. The van der Waals surface area contributed by atoms with Crippen LogP contribution in [0, 0.1) is 12.3 Å². The zero-order valence-corrected chi connectivity index (χ0v) is 11.2. The largest absolute Gasteiger partial charge is 0.444 e. The Morgan fingerprint density at radius 2 is 2.00 bits per heavy atom. The van der Waals surface area contributed by atoms with Gasteiger partial charge in [0.25, 0.3) is 0 Å². The van der Waals surface area contributed by atoms with Gasteiger partial charge in [-0.25, -0.2) is 4.79 Å².